The molecule has 4 aromatic rings. The van der Waals surface area contributed by atoms with Gasteiger partial charge in [0.15, 0.2) is 0 Å². The topological polar surface area (TPSA) is 53.4 Å². The first-order chi connectivity index (χ1) is 16.2. The van der Waals surface area contributed by atoms with Gasteiger partial charge in [0.05, 0.1) is 24.1 Å². The summed E-state index contributed by atoms with van der Waals surface area (Å²) < 4.78 is 2.34. The maximum atomic E-state index is 12.4. The van der Waals surface area contributed by atoms with Crippen LogP contribution in [-0.4, -0.2) is 58.0 Å². The van der Waals surface area contributed by atoms with Crippen LogP contribution in [0.1, 0.15) is 11.4 Å². The number of rotatable bonds is 7. The standard InChI is InChI=1S/C27H29N5O/c33-27(28-23-11-5-2-6-12-23)21-31-17-15-30(16-18-31)20-26-29-24-13-7-8-14-25(24)32(26)19-22-9-3-1-4-10-22/h1-14H,15-21H2,(H,28,33). The van der Waals surface area contributed by atoms with Gasteiger partial charge in [-0.1, -0.05) is 60.7 Å². The van der Waals surface area contributed by atoms with Crippen molar-refractivity contribution in [2.75, 3.05) is 38.0 Å². The van der Waals surface area contributed by atoms with E-state index in [1.165, 1.54) is 11.1 Å². The van der Waals surface area contributed by atoms with Gasteiger partial charge in [0.2, 0.25) is 5.91 Å². The Labute approximate surface area is 194 Å². The quantitative estimate of drug-likeness (QED) is 0.475. The van der Waals surface area contributed by atoms with Gasteiger partial charge in [0, 0.05) is 38.4 Å². The highest BCUT2D eigenvalue weighted by Gasteiger charge is 2.21. The second kappa shape index (κ2) is 9.98. The number of nitrogens with one attached hydrogen (secondary N) is 1. The number of nitrogens with zero attached hydrogens (tertiary/aromatic N) is 4. The summed E-state index contributed by atoms with van der Waals surface area (Å²) in [6.45, 7) is 5.65. The molecule has 1 aliphatic heterocycles. The number of hydrogen-bond acceptors (Lipinski definition) is 4. The zero-order valence-corrected chi connectivity index (χ0v) is 18.7. The molecule has 0 aliphatic carbocycles. The average molecular weight is 440 g/mol. The molecule has 0 radical (unpaired) electrons. The lowest BCUT2D eigenvalue weighted by molar-refractivity contribution is -0.117. The van der Waals surface area contributed by atoms with Gasteiger partial charge in [-0.05, 0) is 29.8 Å². The Morgan fingerprint density at radius 2 is 1.39 bits per heavy atom. The summed E-state index contributed by atoms with van der Waals surface area (Å²) >= 11 is 0. The van der Waals surface area contributed by atoms with Gasteiger partial charge in [-0.15, -0.1) is 0 Å². The van der Waals surface area contributed by atoms with Crippen molar-refractivity contribution in [1.82, 2.24) is 19.4 Å². The summed E-state index contributed by atoms with van der Waals surface area (Å²) in [5.74, 6) is 1.13. The van der Waals surface area contributed by atoms with Crippen molar-refractivity contribution in [3.8, 4) is 0 Å². The van der Waals surface area contributed by atoms with Crippen LogP contribution in [0.15, 0.2) is 84.9 Å². The lowest BCUT2D eigenvalue weighted by Crippen LogP contribution is -2.48. The van der Waals surface area contributed by atoms with Crippen LogP contribution in [0.3, 0.4) is 0 Å². The predicted octanol–water partition coefficient (Wildman–Crippen LogP) is 3.84. The largest absolute Gasteiger partial charge is 0.325 e. The molecule has 0 saturated carbocycles. The predicted molar refractivity (Wildman–Crippen MR) is 132 cm³/mol. The lowest BCUT2D eigenvalue weighted by Gasteiger charge is -2.34. The molecule has 3 aromatic carbocycles. The van der Waals surface area contributed by atoms with Crippen molar-refractivity contribution >= 4 is 22.6 Å². The number of piperazine rings is 1. The molecule has 168 valence electrons. The van der Waals surface area contributed by atoms with E-state index in [1.807, 2.05) is 36.4 Å². The highest BCUT2D eigenvalue weighted by atomic mass is 16.2. The van der Waals surface area contributed by atoms with Gasteiger partial charge >= 0.3 is 0 Å². The third kappa shape index (κ3) is 5.30. The Bertz CT molecular complexity index is 1200. The SMILES string of the molecule is O=C(CN1CCN(Cc2nc3ccccc3n2Cc2ccccc2)CC1)Nc1ccccc1. The molecule has 1 N–H and O–H groups in total. The van der Waals surface area contributed by atoms with E-state index in [0.29, 0.717) is 6.54 Å². The average Bonchev–Trinajstić information content (AvgIpc) is 3.18. The summed E-state index contributed by atoms with van der Waals surface area (Å²) in [6, 6.07) is 28.5. The fraction of sp³-hybridized carbons (Fsp3) is 0.259. The molecule has 2 heterocycles. The summed E-state index contributed by atoms with van der Waals surface area (Å²) in [7, 11) is 0. The number of aromatic nitrogens is 2. The minimum atomic E-state index is 0.0410. The van der Waals surface area contributed by atoms with Gasteiger partial charge in [0.25, 0.3) is 0 Å². The van der Waals surface area contributed by atoms with Gasteiger partial charge in [-0.2, -0.15) is 0 Å². The van der Waals surface area contributed by atoms with E-state index in [9.17, 15) is 4.79 Å². The van der Waals surface area contributed by atoms with E-state index in [2.05, 4.69) is 68.2 Å². The van der Waals surface area contributed by atoms with Gasteiger partial charge in [-0.25, -0.2) is 4.98 Å². The number of para-hydroxylation sites is 3. The molecule has 33 heavy (non-hydrogen) atoms. The molecule has 1 aliphatic rings. The summed E-state index contributed by atoms with van der Waals surface area (Å²) in [6.07, 6.45) is 0. The second-order valence-electron chi connectivity index (χ2n) is 8.55. The molecule has 6 nitrogen and oxygen atoms in total. The van der Waals surface area contributed by atoms with Gasteiger partial charge in [0.1, 0.15) is 5.82 Å². The van der Waals surface area contributed by atoms with Crippen LogP contribution in [-0.2, 0) is 17.9 Å². The summed E-state index contributed by atoms with van der Waals surface area (Å²) in [5, 5.41) is 2.98. The fourth-order valence-corrected chi connectivity index (χ4v) is 4.42. The number of anilines is 1. The first kappa shape index (κ1) is 21.4. The van der Waals surface area contributed by atoms with Crippen LogP contribution in [0.5, 0.6) is 0 Å². The zero-order valence-electron chi connectivity index (χ0n) is 18.7. The smallest absolute Gasteiger partial charge is 0.238 e. The number of benzene rings is 3. The highest BCUT2D eigenvalue weighted by Crippen LogP contribution is 2.20. The number of carbonyl (C=O) groups is 1. The number of amides is 1. The van der Waals surface area contributed by atoms with Crippen LogP contribution in [0.4, 0.5) is 5.69 Å². The first-order valence-electron chi connectivity index (χ1n) is 11.5. The number of hydrogen-bond donors (Lipinski definition) is 1. The van der Waals surface area contributed by atoms with E-state index in [0.717, 1.165) is 56.3 Å². The minimum absolute atomic E-state index is 0.0410. The second-order valence-corrected chi connectivity index (χ2v) is 8.55. The molecule has 1 amide bonds. The van der Waals surface area contributed by atoms with E-state index >= 15 is 0 Å². The van der Waals surface area contributed by atoms with Crippen molar-refractivity contribution < 1.29 is 4.79 Å². The maximum absolute atomic E-state index is 12.4. The van der Waals surface area contributed by atoms with Crippen LogP contribution in [0.25, 0.3) is 11.0 Å². The molecule has 1 saturated heterocycles. The molecule has 1 aromatic heterocycles. The molecular weight excluding hydrogens is 410 g/mol. The minimum Gasteiger partial charge on any atom is -0.325 e. The Hall–Kier alpha value is -3.48. The normalized spacial score (nSPS) is 15.0. The molecule has 1 fully saturated rings. The fourth-order valence-electron chi connectivity index (χ4n) is 4.42. The van der Waals surface area contributed by atoms with Crippen molar-refractivity contribution in [1.29, 1.82) is 0 Å². The Morgan fingerprint density at radius 3 is 2.15 bits per heavy atom. The third-order valence-corrected chi connectivity index (χ3v) is 6.17. The first-order valence-corrected chi connectivity index (χ1v) is 11.5. The van der Waals surface area contributed by atoms with E-state index in [4.69, 9.17) is 4.98 Å². The Balaban J connectivity index is 1.21. The lowest BCUT2D eigenvalue weighted by atomic mass is 10.2. The van der Waals surface area contributed by atoms with Gasteiger partial charge < -0.3 is 9.88 Å². The molecule has 6 heteroatoms. The molecule has 0 spiro atoms. The maximum Gasteiger partial charge on any atom is 0.238 e. The highest BCUT2D eigenvalue weighted by molar-refractivity contribution is 5.92. The molecule has 0 bridgehead atoms. The van der Waals surface area contributed by atoms with Crippen molar-refractivity contribution in [2.45, 2.75) is 13.1 Å². The number of fused-ring (bicyclic) bond motifs is 1. The van der Waals surface area contributed by atoms with Crippen LogP contribution in [0.2, 0.25) is 0 Å². The van der Waals surface area contributed by atoms with Crippen molar-refractivity contribution in [3.63, 3.8) is 0 Å². The summed E-state index contributed by atoms with van der Waals surface area (Å²) in [4.78, 5) is 22.0. The van der Waals surface area contributed by atoms with Crippen molar-refractivity contribution in [3.05, 3.63) is 96.3 Å². The molecule has 0 unspecified atom stereocenters. The van der Waals surface area contributed by atoms with E-state index in [1.54, 1.807) is 0 Å². The molecular formula is C27H29N5O. The monoisotopic (exact) mass is 439 g/mol. The van der Waals surface area contributed by atoms with E-state index < -0.39 is 0 Å². The van der Waals surface area contributed by atoms with E-state index in [-0.39, 0.29) is 5.91 Å². The zero-order chi connectivity index (χ0) is 22.5. The third-order valence-electron chi connectivity index (χ3n) is 6.17. The molecule has 0 atom stereocenters. The summed E-state index contributed by atoms with van der Waals surface area (Å²) in [5.41, 5.74) is 4.34. The van der Waals surface area contributed by atoms with Crippen LogP contribution < -0.4 is 5.32 Å². The number of imidazole rings is 1. The molecule has 5 rings (SSSR count). The van der Waals surface area contributed by atoms with Crippen molar-refractivity contribution in [2.24, 2.45) is 0 Å². The number of carbonyl (C=O) groups excluding carboxylic acids is 1. The van der Waals surface area contributed by atoms with Gasteiger partial charge in [-0.3, -0.25) is 14.6 Å². The van der Waals surface area contributed by atoms with Crippen LogP contribution >= 0.6 is 0 Å². The Kier molecular flexibility index (Phi) is 6.46. The van der Waals surface area contributed by atoms with Crippen LogP contribution in [0, 0.1) is 0 Å². The Morgan fingerprint density at radius 1 is 0.758 bits per heavy atom.